The monoisotopic (exact) mass is 331 g/mol. The fourth-order valence-electron chi connectivity index (χ4n) is 3.07. The first kappa shape index (κ1) is 13.8. The molecule has 0 atom stereocenters. The Kier molecular flexibility index (Phi) is 2.90. The first-order valence-corrected chi connectivity index (χ1v) is 7.92. The second-order valence-corrected chi connectivity index (χ2v) is 5.81. The predicted octanol–water partition coefficient (Wildman–Crippen LogP) is 1.45. The number of nitrogens with one attached hydrogen (secondary N) is 2. The summed E-state index contributed by atoms with van der Waals surface area (Å²) in [4.78, 5) is 23.8. The minimum Gasteiger partial charge on any atom is -0.294 e. The Balaban J connectivity index is 1.50. The molecule has 25 heavy (non-hydrogen) atoms. The second kappa shape index (κ2) is 5.23. The van der Waals surface area contributed by atoms with Crippen molar-refractivity contribution in [3.63, 3.8) is 0 Å². The average molecular weight is 331 g/mol. The van der Waals surface area contributed by atoms with Gasteiger partial charge in [-0.25, -0.2) is 4.99 Å². The quantitative estimate of drug-likeness (QED) is 0.705. The summed E-state index contributed by atoms with van der Waals surface area (Å²) >= 11 is 0. The SMILES string of the molecule is O=C(NC1=Nc2ccccc2C2=NCCN12)c1ccc2[nH]nnc2c1. The Bertz CT molecular complexity index is 1070. The number of para-hydroxylation sites is 1. The first-order valence-electron chi connectivity index (χ1n) is 7.92. The van der Waals surface area contributed by atoms with Gasteiger partial charge in [0, 0.05) is 17.7 Å². The van der Waals surface area contributed by atoms with E-state index in [4.69, 9.17) is 0 Å². The molecule has 0 fully saturated rings. The maximum atomic E-state index is 12.7. The topological polar surface area (TPSA) is 98.6 Å². The van der Waals surface area contributed by atoms with Crippen molar-refractivity contribution in [1.82, 2.24) is 25.6 Å². The Hall–Kier alpha value is -3.55. The van der Waals surface area contributed by atoms with E-state index < -0.39 is 0 Å². The van der Waals surface area contributed by atoms with Crippen molar-refractivity contribution < 1.29 is 4.79 Å². The fraction of sp³-hybridized carbons (Fsp3) is 0.118. The van der Waals surface area contributed by atoms with E-state index in [0.717, 1.165) is 22.6 Å². The van der Waals surface area contributed by atoms with Gasteiger partial charge in [-0.15, -0.1) is 5.10 Å². The normalized spacial score (nSPS) is 15.4. The highest BCUT2D eigenvalue weighted by atomic mass is 16.1. The highest BCUT2D eigenvalue weighted by molar-refractivity contribution is 6.19. The Morgan fingerprint density at radius 1 is 1.20 bits per heavy atom. The molecule has 8 heteroatoms. The number of carbonyl (C=O) groups excluding carboxylic acids is 1. The summed E-state index contributed by atoms with van der Waals surface area (Å²) in [7, 11) is 0. The third kappa shape index (κ3) is 2.18. The van der Waals surface area contributed by atoms with Crippen LogP contribution in [0.2, 0.25) is 0 Å². The molecule has 122 valence electrons. The van der Waals surface area contributed by atoms with Crippen LogP contribution in [-0.2, 0) is 0 Å². The molecule has 2 aliphatic rings. The highest BCUT2D eigenvalue weighted by Gasteiger charge is 2.30. The van der Waals surface area contributed by atoms with Crippen LogP contribution < -0.4 is 5.32 Å². The van der Waals surface area contributed by atoms with Gasteiger partial charge in [-0.1, -0.05) is 17.3 Å². The number of hydrogen-bond donors (Lipinski definition) is 2. The molecule has 5 rings (SSSR count). The molecule has 0 saturated carbocycles. The van der Waals surface area contributed by atoms with Crippen LogP contribution in [0.4, 0.5) is 5.69 Å². The van der Waals surface area contributed by atoms with Crippen molar-refractivity contribution in [3.8, 4) is 0 Å². The Morgan fingerprint density at radius 2 is 2.12 bits per heavy atom. The van der Waals surface area contributed by atoms with Crippen molar-refractivity contribution in [1.29, 1.82) is 0 Å². The summed E-state index contributed by atoms with van der Waals surface area (Å²) in [6.45, 7) is 1.38. The zero-order valence-corrected chi connectivity index (χ0v) is 13.1. The van der Waals surface area contributed by atoms with Crippen molar-refractivity contribution in [2.45, 2.75) is 0 Å². The number of hydrogen-bond acceptors (Lipinski definition) is 6. The number of benzene rings is 2. The van der Waals surface area contributed by atoms with Gasteiger partial charge in [0.25, 0.3) is 5.91 Å². The number of guanidine groups is 1. The van der Waals surface area contributed by atoms with Gasteiger partial charge in [0.1, 0.15) is 11.4 Å². The number of amidine groups is 1. The standard InChI is InChI=1S/C17H13N7O/c25-16(10-5-6-13-14(9-10)22-23-21-13)20-17-19-12-4-2-1-3-11(12)15-18-7-8-24(15)17/h1-6,9H,7-8H2,(H,19,20,25)(H,21,22,23). The van der Waals surface area contributed by atoms with Gasteiger partial charge in [0.15, 0.2) is 0 Å². The number of aliphatic imine (C=N–C) groups is 2. The van der Waals surface area contributed by atoms with Crippen molar-refractivity contribution in [2.75, 3.05) is 13.1 Å². The van der Waals surface area contributed by atoms with E-state index in [1.165, 1.54) is 0 Å². The van der Waals surface area contributed by atoms with Crippen LogP contribution in [0.15, 0.2) is 52.4 Å². The lowest BCUT2D eigenvalue weighted by molar-refractivity contribution is 0.0974. The van der Waals surface area contributed by atoms with Crippen LogP contribution >= 0.6 is 0 Å². The van der Waals surface area contributed by atoms with E-state index in [1.54, 1.807) is 18.2 Å². The summed E-state index contributed by atoms with van der Waals surface area (Å²) in [5.41, 5.74) is 3.73. The van der Waals surface area contributed by atoms with E-state index in [2.05, 4.69) is 30.7 Å². The molecule has 3 aromatic rings. The van der Waals surface area contributed by atoms with E-state index in [-0.39, 0.29) is 5.91 Å². The number of fused-ring (bicyclic) bond motifs is 4. The van der Waals surface area contributed by atoms with Crippen molar-refractivity contribution in [3.05, 3.63) is 53.6 Å². The van der Waals surface area contributed by atoms with Crippen LogP contribution in [0.25, 0.3) is 11.0 Å². The maximum absolute atomic E-state index is 12.7. The summed E-state index contributed by atoms with van der Waals surface area (Å²) in [6.07, 6.45) is 0. The number of carbonyl (C=O) groups is 1. The third-order valence-electron chi connectivity index (χ3n) is 4.28. The lowest BCUT2D eigenvalue weighted by Crippen LogP contribution is -2.47. The largest absolute Gasteiger partial charge is 0.294 e. The molecule has 2 aromatic carbocycles. The number of aromatic nitrogens is 3. The lowest BCUT2D eigenvalue weighted by Gasteiger charge is -2.27. The van der Waals surface area contributed by atoms with Gasteiger partial charge in [0.2, 0.25) is 5.96 Å². The third-order valence-corrected chi connectivity index (χ3v) is 4.28. The molecule has 2 N–H and O–H groups in total. The van der Waals surface area contributed by atoms with Crippen molar-refractivity contribution in [2.24, 2.45) is 9.98 Å². The van der Waals surface area contributed by atoms with Crippen LogP contribution in [0.3, 0.4) is 0 Å². The lowest BCUT2D eigenvalue weighted by atomic mass is 10.1. The molecule has 0 radical (unpaired) electrons. The predicted molar refractivity (Wildman–Crippen MR) is 93.0 cm³/mol. The fourth-order valence-corrected chi connectivity index (χ4v) is 3.07. The molecule has 0 aliphatic carbocycles. The second-order valence-electron chi connectivity index (χ2n) is 5.81. The average Bonchev–Trinajstić information content (AvgIpc) is 3.30. The molecular formula is C17H13N7O. The van der Waals surface area contributed by atoms with E-state index in [1.807, 2.05) is 29.2 Å². The number of nitrogens with zero attached hydrogens (tertiary/aromatic N) is 5. The van der Waals surface area contributed by atoms with Gasteiger partial charge < -0.3 is 0 Å². The molecule has 0 bridgehead atoms. The van der Waals surface area contributed by atoms with Crippen LogP contribution in [0.5, 0.6) is 0 Å². The molecule has 0 unspecified atom stereocenters. The first-order chi connectivity index (χ1) is 12.3. The van der Waals surface area contributed by atoms with Crippen LogP contribution in [-0.4, -0.2) is 51.1 Å². The highest BCUT2D eigenvalue weighted by Crippen LogP contribution is 2.27. The maximum Gasteiger partial charge on any atom is 0.258 e. The minimum atomic E-state index is -0.241. The van der Waals surface area contributed by atoms with E-state index >= 15 is 0 Å². The zero-order valence-electron chi connectivity index (χ0n) is 13.1. The summed E-state index contributed by atoms with van der Waals surface area (Å²) < 4.78 is 0. The Labute approximate surface area is 142 Å². The van der Waals surface area contributed by atoms with E-state index in [9.17, 15) is 4.79 Å². The van der Waals surface area contributed by atoms with Gasteiger partial charge in [0.05, 0.1) is 17.7 Å². The summed E-state index contributed by atoms with van der Waals surface area (Å²) in [5.74, 6) is 1.11. The van der Waals surface area contributed by atoms with Gasteiger partial charge >= 0.3 is 0 Å². The number of rotatable bonds is 1. The summed E-state index contributed by atoms with van der Waals surface area (Å²) in [5, 5.41) is 13.3. The zero-order chi connectivity index (χ0) is 16.8. The van der Waals surface area contributed by atoms with Crippen molar-refractivity contribution >= 4 is 34.4 Å². The van der Waals surface area contributed by atoms with Crippen LogP contribution in [0.1, 0.15) is 15.9 Å². The van der Waals surface area contributed by atoms with Gasteiger partial charge in [-0.2, -0.15) is 0 Å². The molecular weight excluding hydrogens is 318 g/mol. The Morgan fingerprint density at radius 3 is 3.08 bits per heavy atom. The molecule has 2 aliphatic heterocycles. The molecule has 8 nitrogen and oxygen atoms in total. The molecule has 3 heterocycles. The number of H-pyrrole nitrogens is 1. The number of aromatic amines is 1. The summed E-state index contributed by atoms with van der Waals surface area (Å²) in [6, 6.07) is 13.0. The molecule has 0 saturated heterocycles. The smallest absolute Gasteiger partial charge is 0.258 e. The number of amides is 1. The van der Waals surface area contributed by atoms with E-state index in [0.29, 0.717) is 30.1 Å². The van der Waals surface area contributed by atoms with Crippen LogP contribution in [0, 0.1) is 0 Å². The molecule has 0 spiro atoms. The molecule has 1 amide bonds. The minimum absolute atomic E-state index is 0.241. The van der Waals surface area contributed by atoms with Gasteiger partial charge in [-0.05, 0) is 30.3 Å². The molecule has 1 aromatic heterocycles. The van der Waals surface area contributed by atoms with Gasteiger partial charge in [-0.3, -0.25) is 25.1 Å².